The molecule has 0 aliphatic rings. The van der Waals surface area contributed by atoms with E-state index in [1.54, 1.807) is 23.9 Å². The minimum absolute atomic E-state index is 0.0104. The van der Waals surface area contributed by atoms with Gasteiger partial charge in [0.05, 0.1) is 6.33 Å². The summed E-state index contributed by atoms with van der Waals surface area (Å²) in [5.41, 5.74) is 1.21. The summed E-state index contributed by atoms with van der Waals surface area (Å²) in [5.74, 6) is 1.33. The molecule has 0 amide bonds. The number of rotatable bonds is 4. The number of aromatic nitrogens is 4. The van der Waals surface area contributed by atoms with Gasteiger partial charge in [-0.2, -0.15) is 16.3 Å². The number of nitrogens with zero attached hydrogens (tertiary/aromatic N) is 4. The Kier molecular flexibility index (Phi) is 2.93. The monoisotopic (exact) mass is 260 g/mol. The van der Waals surface area contributed by atoms with E-state index in [0.717, 1.165) is 5.82 Å². The molecule has 1 atom stereocenters. The van der Waals surface area contributed by atoms with E-state index in [-0.39, 0.29) is 6.04 Å². The zero-order valence-corrected chi connectivity index (χ0v) is 10.7. The molecule has 0 saturated heterocycles. The van der Waals surface area contributed by atoms with Crippen molar-refractivity contribution in [3.63, 3.8) is 0 Å². The van der Waals surface area contributed by atoms with Crippen molar-refractivity contribution < 1.29 is 4.52 Å². The topological polar surface area (TPSA) is 56.7 Å². The standard InChI is InChI=1S/C12H12N4OS/c1-9(16-4-3-13-8-16)12-14-11(15-17-12)6-10-2-5-18-7-10/h2-5,7-9H,6H2,1H3/t9-/m0/s1. The number of hydrogen-bond donors (Lipinski definition) is 0. The van der Waals surface area contributed by atoms with Crippen LogP contribution in [0.5, 0.6) is 0 Å². The molecule has 6 heteroatoms. The predicted molar refractivity (Wildman–Crippen MR) is 67.5 cm³/mol. The second kappa shape index (κ2) is 4.73. The molecule has 0 fully saturated rings. The maximum Gasteiger partial charge on any atom is 0.249 e. The molecule has 0 spiro atoms. The molecule has 3 heterocycles. The summed E-state index contributed by atoms with van der Waals surface area (Å²) in [6.45, 7) is 2.00. The normalized spacial score (nSPS) is 12.7. The first-order valence-electron chi connectivity index (χ1n) is 5.64. The Labute approximate surface area is 108 Å². The Balaban J connectivity index is 1.77. The zero-order valence-electron chi connectivity index (χ0n) is 9.85. The molecule has 0 aliphatic heterocycles. The number of imidazole rings is 1. The molecular weight excluding hydrogens is 248 g/mol. The first-order valence-corrected chi connectivity index (χ1v) is 6.58. The van der Waals surface area contributed by atoms with Crippen LogP contribution in [0.25, 0.3) is 0 Å². The lowest BCUT2D eigenvalue weighted by atomic mass is 10.2. The Morgan fingerprint density at radius 3 is 3.17 bits per heavy atom. The summed E-state index contributed by atoms with van der Waals surface area (Å²) in [7, 11) is 0. The van der Waals surface area contributed by atoms with Crippen LogP contribution >= 0.6 is 11.3 Å². The minimum atomic E-state index is 0.0104. The highest BCUT2D eigenvalue weighted by molar-refractivity contribution is 7.07. The second-order valence-electron chi connectivity index (χ2n) is 4.04. The molecule has 3 aromatic rings. The average Bonchev–Trinajstić information content (AvgIpc) is 3.11. The summed E-state index contributed by atoms with van der Waals surface area (Å²) in [4.78, 5) is 8.43. The average molecular weight is 260 g/mol. The van der Waals surface area contributed by atoms with E-state index in [2.05, 4.69) is 26.6 Å². The summed E-state index contributed by atoms with van der Waals surface area (Å²) in [6, 6.07) is 2.08. The lowest BCUT2D eigenvalue weighted by Gasteiger charge is -2.06. The first-order chi connectivity index (χ1) is 8.83. The highest BCUT2D eigenvalue weighted by Gasteiger charge is 2.15. The molecular formula is C12H12N4OS. The Morgan fingerprint density at radius 2 is 2.44 bits per heavy atom. The van der Waals surface area contributed by atoms with E-state index >= 15 is 0 Å². The van der Waals surface area contributed by atoms with E-state index in [0.29, 0.717) is 12.3 Å². The van der Waals surface area contributed by atoms with Crippen LogP contribution in [-0.2, 0) is 6.42 Å². The lowest BCUT2D eigenvalue weighted by Crippen LogP contribution is -2.04. The molecule has 0 unspecified atom stereocenters. The molecule has 0 radical (unpaired) electrons. The molecule has 3 aromatic heterocycles. The highest BCUT2D eigenvalue weighted by atomic mass is 32.1. The van der Waals surface area contributed by atoms with Gasteiger partial charge in [0.2, 0.25) is 5.89 Å². The zero-order chi connectivity index (χ0) is 12.4. The Morgan fingerprint density at radius 1 is 1.50 bits per heavy atom. The van der Waals surface area contributed by atoms with Crippen LogP contribution < -0.4 is 0 Å². The van der Waals surface area contributed by atoms with Gasteiger partial charge < -0.3 is 9.09 Å². The van der Waals surface area contributed by atoms with Crippen molar-refractivity contribution in [3.05, 3.63) is 52.8 Å². The van der Waals surface area contributed by atoms with Crippen molar-refractivity contribution in [2.45, 2.75) is 19.4 Å². The second-order valence-corrected chi connectivity index (χ2v) is 4.82. The highest BCUT2D eigenvalue weighted by Crippen LogP contribution is 2.17. The SMILES string of the molecule is C[C@@H](c1nc(Cc2ccsc2)no1)n1ccnc1. The third kappa shape index (κ3) is 2.19. The largest absolute Gasteiger partial charge is 0.337 e. The van der Waals surface area contributed by atoms with Crippen molar-refractivity contribution >= 4 is 11.3 Å². The fraction of sp³-hybridized carbons (Fsp3) is 0.250. The van der Waals surface area contributed by atoms with E-state index in [1.165, 1.54) is 5.56 Å². The van der Waals surface area contributed by atoms with Gasteiger partial charge in [-0.15, -0.1) is 0 Å². The van der Waals surface area contributed by atoms with Gasteiger partial charge in [0.25, 0.3) is 0 Å². The van der Waals surface area contributed by atoms with Gasteiger partial charge in [-0.05, 0) is 29.3 Å². The van der Waals surface area contributed by atoms with Gasteiger partial charge in [0.1, 0.15) is 6.04 Å². The van der Waals surface area contributed by atoms with E-state index in [9.17, 15) is 0 Å². The molecule has 0 bridgehead atoms. The van der Waals surface area contributed by atoms with Crippen LogP contribution in [0, 0.1) is 0 Å². The molecule has 0 N–H and O–H groups in total. The Hall–Kier alpha value is -1.95. The smallest absolute Gasteiger partial charge is 0.249 e. The first kappa shape index (κ1) is 11.2. The van der Waals surface area contributed by atoms with E-state index < -0.39 is 0 Å². The maximum absolute atomic E-state index is 5.29. The Bertz CT molecular complexity index is 600. The molecule has 5 nitrogen and oxygen atoms in total. The molecule has 92 valence electrons. The van der Waals surface area contributed by atoms with Gasteiger partial charge in [-0.3, -0.25) is 0 Å². The third-order valence-corrected chi connectivity index (χ3v) is 3.49. The van der Waals surface area contributed by atoms with Gasteiger partial charge in [-0.25, -0.2) is 4.98 Å². The fourth-order valence-electron chi connectivity index (χ4n) is 1.71. The van der Waals surface area contributed by atoms with Crippen LogP contribution in [0.2, 0.25) is 0 Å². The van der Waals surface area contributed by atoms with E-state index in [1.807, 2.05) is 23.1 Å². The fourth-order valence-corrected chi connectivity index (χ4v) is 2.38. The molecule has 0 aromatic carbocycles. The van der Waals surface area contributed by atoms with Crippen LogP contribution in [0.4, 0.5) is 0 Å². The van der Waals surface area contributed by atoms with Crippen LogP contribution in [0.1, 0.15) is 30.2 Å². The minimum Gasteiger partial charge on any atom is -0.337 e. The van der Waals surface area contributed by atoms with Crippen molar-refractivity contribution in [2.24, 2.45) is 0 Å². The summed E-state index contributed by atoms with van der Waals surface area (Å²) in [6.07, 6.45) is 6.07. The lowest BCUT2D eigenvalue weighted by molar-refractivity contribution is 0.342. The van der Waals surface area contributed by atoms with Crippen molar-refractivity contribution in [1.82, 2.24) is 19.7 Å². The number of thiophene rings is 1. The third-order valence-electron chi connectivity index (χ3n) is 2.76. The van der Waals surface area contributed by atoms with Crippen LogP contribution in [0.15, 0.2) is 40.1 Å². The molecule has 3 rings (SSSR count). The summed E-state index contributed by atoms with van der Waals surface area (Å²) < 4.78 is 7.23. The van der Waals surface area contributed by atoms with E-state index in [4.69, 9.17) is 4.52 Å². The molecule has 18 heavy (non-hydrogen) atoms. The predicted octanol–water partition coefficient (Wildman–Crippen LogP) is 2.53. The molecule has 0 aliphatic carbocycles. The maximum atomic E-state index is 5.29. The van der Waals surface area contributed by atoms with Crippen LogP contribution in [-0.4, -0.2) is 19.7 Å². The van der Waals surface area contributed by atoms with Gasteiger partial charge in [0.15, 0.2) is 5.82 Å². The number of hydrogen-bond acceptors (Lipinski definition) is 5. The van der Waals surface area contributed by atoms with Crippen molar-refractivity contribution in [1.29, 1.82) is 0 Å². The van der Waals surface area contributed by atoms with Gasteiger partial charge in [0, 0.05) is 18.8 Å². The molecule has 0 saturated carbocycles. The van der Waals surface area contributed by atoms with Crippen LogP contribution in [0.3, 0.4) is 0 Å². The summed E-state index contributed by atoms with van der Waals surface area (Å²) in [5, 5.41) is 8.15. The van der Waals surface area contributed by atoms with Crippen molar-refractivity contribution in [3.8, 4) is 0 Å². The van der Waals surface area contributed by atoms with Gasteiger partial charge >= 0.3 is 0 Å². The summed E-state index contributed by atoms with van der Waals surface area (Å²) >= 11 is 1.67. The quantitative estimate of drug-likeness (QED) is 0.723. The van der Waals surface area contributed by atoms with Crippen molar-refractivity contribution in [2.75, 3.05) is 0 Å². The van der Waals surface area contributed by atoms with Gasteiger partial charge in [-0.1, -0.05) is 5.16 Å².